The summed E-state index contributed by atoms with van der Waals surface area (Å²) in [5, 5.41) is 12.6. The van der Waals surface area contributed by atoms with Crippen molar-refractivity contribution in [2.45, 2.75) is 31.8 Å². The fourth-order valence-corrected chi connectivity index (χ4v) is 2.23. The standard InChI is InChI=1S/C18H22N2O2/c1-18(2,22)13-20-17(21)16(15-8-4-3-5-9-15)11-14-7-6-10-19-12-14/h3-10,12,16,22H,11,13H2,1-2H3,(H,20,21). The molecule has 116 valence electrons. The average Bonchev–Trinajstić information content (AvgIpc) is 2.51. The molecule has 1 atom stereocenters. The molecule has 4 nitrogen and oxygen atoms in total. The van der Waals surface area contributed by atoms with Crippen molar-refractivity contribution >= 4 is 5.91 Å². The molecule has 2 rings (SSSR count). The minimum atomic E-state index is -0.925. The first kappa shape index (κ1) is 16.2. The summed E-state index contributed by atoms with van der Waals surface area (Å²) in [6, 6.07) is 13.5. The summed E-state index contributed by atoms with van der Waals surface area (Å²) in [5.74, 6) is -0.384. The van der Waals surface area contributed by atoms with Crippen molar-refractivity contribution < 1.29 is 9.90 Å². The third kappa shape index (κ3) is 4.97. The molecule has 0 aliphatic heterocycles. The highest BCUT2D eigenvalue weighted by Crippen LogP contribution is 2.21. The van der Waals surface area contributed by atoms with Crippen LogP contribution in [-0.4, -0.2) is 28.1 Å². The van der Waals surface area contributed by atoms with E-state index in [0.29, 0.717) is 6.42 Å². The number of carbonyl (C=O) groups excluding carboxylic acids is 1. The number of hydrogen-bond donors (Lipinski definition) is 2. The predicted molar refractivity (Wildman–Crippen MR) is 86.4 cm³/mol. The molecule has 2 aromatic rings. The van der Waals surface area contributed by atoms with Crippen LogP contribution in [0.4, 0.5) is 0 Å². The largest absolute Gasteiger partial charge is 0.389 e. The van der Waals surface area contributed by atoms with E-state index in [0.717, 1.165) is 11.1 Å². The molecule has 1 aromatic carbocycles. The van der Waals surface area contributed by atoms with Crippen LogP contribution < -0.4 is 5.32 Å². The van der Waals surface area contributed by atoms with Gasteiger partial charge in [-0.1, -0.05) is 36.4 Å². The van der Waals surface area contributed by atoms with E-state index >= 15 is 0 Å². The molecule has 0 spiro atoms. The van der Waals surface area contributed by atoms with Gasteiger partial charge in [0, 0.05) is 18.9 Å². The number of hydrogen-bond acceptors (Lipinski definition) is 3. The maximum absolute atomic E-state index is 12.6. The Bertz CT molecular complexity index is 591. The van der Waals surface area contributed by atoms with Crippen molar-refractivity contribution in [3.05, 3.63) is 66.0 Å². The molecule has 22 heavy (non-hydrogen) atoms. The van der Waals surface area contributed by atoms with Gasteiger partial charge in [-0.25, -0.2) is 0 Å². The summed E-state index contributed by atoms with van der Waals surface area (Å²) in [5.41, 5.74) is 1.04. The minimum Gasteiger partial charge on any atom is -0.389 e. The number of carbonyl (C=O) groups is 1. The molecule has 0 aliphatic carbocycles. The molecular formula is C18H22N2O2. The second-order valence-electron chi connectivity index (χ2n) is 6.06. The van der Waals surface area contributed by atoms with Gasteiger partial charge in [0.05, 0.1) is 11.5 Å². The Hall–Kier alpha value is -2.20. The van der Waals surface area contributed by atoms with Gasteiger partial charge in [0.1, 0.15) is 0 Å². The molecule has 1 heterocycles. The highest BCUT2D eigenvalue weighted by molar-refractivity contribution is 5.84. The summed E-state index contributed by atoms with van der Waals surface area (Å²) in [6.07, 6.45) is 4.07. The van der Waals surface area contributed by atoms with Crippen LogP contribution >= 0.6 is 0 Å². The van der Waals surface area contributed by atoms with Crippen LogP contribution in [0, 0.1) is 0 Å². The first-order valence-electron chi connectivity index (χ1n) is 7.40. The smallest absolute Gasteiger partial charge is 0.227 e. The summed E-state index contributed by atoms with van der Waals surface area (Å²) in [4.78, 5) is 16.7. The van der Waals surface area contributed by atoms with Crippen LogP contribution in [0.2, 0.25) is 0 Å². The summed E-state index contributed by atoms with van der Waals surface area (Å²) < 4.78 is 0. The second kappa shape index (κ2) is 7.18. The van der Waals surface area contributed by atoms with Gasteiger partial charge in [-0.05, 0) is 37.5 Å². The maximum Gasteiger partial charge on any atom is 0.227 e. The van der Waals surface area contributed by atoms with Crippen molar-refractivity contribution in [3.8, 4) is 0 Å². The lowest BCUT2D eigenvalue weighted by Gasteiger charge is -2.22. The summed E-state index contributed by atoms with van der Waals surface area (Å²) in [6.45, 7) is 3.57. The van der Waals surface area contributed by atoms with Crippen molar-refractivity contribution in [3.63, 3.8) is 0 Å². The van der Waals surface area contributed by atoms with E-state index in [9.17, 15) is 9.90 Å². The van der Waals surface area contributed by atoms with Crippen molar-refractivity contribution in [1.82, 2.24) is 10.3 Å². The monoisotopic (exact) mass is 298 g/mol. The topological polar surface area (TPSA) is 62.2 Å². The zero-order valence-corrected chi connectivity index (χ0v) is 13.0. The van der Waals surface area contributed by atoms with Gasteiger partial charge < -0.3 is 10.4 Å². The van der Waals surface area contributed by atoms with E-state index in [1.807, 2.05) is 42.5 Å². The number of aliphatic hydroxyl groups is 1. The first-order valence-corrected chi connectivity index (χ1v) is 7.40. The molecule has 0 aliphatic rings. The van der Waals surface area contributed by atoms with Gasteiger partial charge in [-0.3, -0.25) is 9.78 Å². The van der Waals surface area contributed by atoms with Crippen LogP contribution in [0.25, 0.3) is 0 Å². The van der Waals surface area contributed by atoms with E-state index in [2.05, 4.69) is 10.3 Å². The Kier molecular flexibility index (Phi) is 5.28. The third-order valence-corrected chi connectivity index (χ3v) is 3.38. The summed E-state index contributed by atoms with van der Waals surface area (Å²) >= 11 is 0. The Balaban J connectivity index is 2.17. The number of benzene rings is 1. The number of nitrogens with one attached hydrogen (secondary N) is 1. The number of amides is 1. The fraction of sp³-hybridized carbons (Fsp3) is 0.333. The molecular weight excluding hydrogens is 276 g/mol. The summed E-state index contributed by atoms with van der Waals surface area (Å²) in [7, 11) is 0. The lowest BCUT2D eigenvalue weighted by atomic mass is 9.91. The molecule has 0 bridgehead atoms. The number of nitrogens with zero attached hydrogens (tertiary/aromatic N) is 1. The molecule has 0 saturated heterocycles. The maximum atomic E-state index is 12.6. The van der Waals surface area contributed by atoms with Crippen LogP contribution in [-0.2, 0) is 11.2 Å². The van der Waals surface area contributed by atoms with Gasteiger partial charge in [0.15, 0.2) is 0 Å². The molecule has 0 saturated carbocycles. The molecule has 1 unspecified atom stereocenters. The Labute approximate surface area is 131 Å². The molecule has 2 N–H and O–H groups in total. The normalized spacial score (nSPS) is 12.7. The van der Waals surface area contributed by atoms with E-state index < -0.39 is 5.60 Å². The molecule has 1 aromatic heterocycles. The van der Waals surface area contributed by atoms with Crippen molar-refractivity contribution in [1.29, 1.82) is 0 Å². The van der Waals surface area contributed by atoms with Gasteiger partial charge in [-0.15, -0.1) is 0 Å². The average molecular weight is 298 g/mol. The molecule has 0 radical (unpaired) electrons. The number of pyridine rings is 1. The van der Waals surface area contributed by atoms with E-state index in [-0.39, 0.29) is 18.4 Å². The highest BCUT2D eigenvalue weighted by atomic mass is 16.3. The Morgan fingerprint density at radius 2 is 1.95 bits per heavy atom. The Morgan fingerprint density at radius 3 is 2.55 bits per heavy atom. The number of aromatic nitrogens is 1. The molecule has 1 amide bonds. The van der Waals surface area contributed by atoms with Crippen molar-refractivity contribution in [2.24, 2.45) is 0 Å². The van der Waals surface area contributed by atoms with Gasteiger partial charge in [0.25, 0.3) is 0 Å². The highest BCUT2D eigenvalue weighted by Gasteiger charge is 2.23. The van der Waals surface area contributed by atoms with Crippen LogP contribution in [0.3, 0.4) is 0 Å². The zero-order valence-electron chi connectivity index (χ0n) is 13.0. The molecule has 4 heteroatoms. The molecule has 0 fully saturated rings. The lowest BCUT2D eigenvalue weighted by molar-refractivity contribution is -0.123. The quantitative estimate of drug-likeness (QED) is 0.860. The van der Waals surface area contributed by atoms with E-state index in [1.165, 1.54) is 0 Å². The predicted octanol–water partition coefficient (Wildman–Crippen LogP) is 2.29. The second-order valence-corrected chi connectivity index (χ2v) is 6.06. The SMILES string of the molecule is CC(C)(O)CNC(=O)C(Cc1cccnc1)c1ccccc1. The zero-order chi connectivity index (χ0) is 16.0. The first-order chi connectivity index (χ1) is 10.5. The van der Waals surface area contributed by atoms with Gasteiger partial charge in [0.2, 0.25) is 5.91 Å². The van der Waals surface area contributed by atoms with Crippen molar-refractivity contribution in [2.75, 3.05) is 6.54 Å². The van der Waals surface area contributed by atoms with Crippen LogP contribution in [0.5, 0.6) is 0 Å². The lowest BCUT2D eigenvalue weighted by Crippen LogP contribution is -2.40. The minimum absolute atomic E-state index is 0.0859. The van der Waals surface area contributed by atoms with E-state index in [1.54, 1.807) is 26.2 Å². The van der Waals surface area contributed by atoms with Crippen LogP contribution in [0.1, 0.15) is 30.9 Å². The number of rotatable bonds is 6. The van der Waals surface area contributed by atoms with E-state index in [4.69, 9.17) is 0 Å². The van der Waals surface area contributed by atoms with Gasteiger partial charge >= 0.3 is 0 Å². The van der Waals surface area contributed by atoms with Crippen LogP contribution in [0.15, 0.2) is 54.9 Å². The Morgan fingerprint density at radius 1 is 1.23 bits per heavy atom. The fourth-order valence-electron chi connectivity index (χ4n) is 2.23. The third-order valence-electron chi connectivity index (χ3n) is 3.38. The van der Waals surface area contributed by atoms with Gasteiger partial charge in [-0.2, -0.15) is 0 Å².